The van der Waals surface area contributed by atoms with Crippen LogP contribution in [0.15, 0.2) is 0 Å². The Kier molecular flexibility index (Phi) is 2.69. The summed E-state index contributed by atoms with van der Waals surface area (Å²) in [6, 6.07) is -1.70. The zero-order valence-electron chi connectivity index (χ0n) is 7.24. The van der Waals surface area contributed by atoms with Crippen molar-refractivity contribution in [2.24, 2.45) is 0 Å². The van der Waals surface area contributed by atoms with Crippen LogP contribution in [0.4, 0.5) is 13.2 Å². The molecule has 1 fully saturated rings. The van der Waals surface area contributed by atoms with E-state index in [9.17, 15) is 27.6 Å². The Hall–Kier alpha value is -1.60. The van der Waals surface area contributed by atoms with Gasteiger partial charge in [0.15, 0.2) is 0 Å². The van der Waals surface area contributed by atoms with E-state index in [-0.39, 0.29) is 17.7 Å². The van der Waals surface area contributed by atoms with E-state index in [2.05, 4.69) is 0 Å². The number of hydrogen-bond donors (Lipinski definition) is 1. The molecule has 1 atom stereocenters. The molecular formula is C7H6F3NO4. The van der Waals surface area contributed by atoms with Crippen LogP contribution in [0, 0.1) is 0 Å². The third-order valence-corrected chi connectivity index (χ3v) is 1.96. The normalized spacial score (nSPS) is 21.9. The number of halogens is 3. The van der Waals surface area contributed by atoms with E-state index in [1.165, 1.54) is 0 Å². The molecule has 0 spiro atoms. The van der Waals surface area contributed by atoms with Crippen molar-refractivity contribution in [3.8, 4) is 0 Å². The zero-order valence-corrected chi connectivity index (χ0v) is 7.24. The second-order valence-corrected chi connectivity index (χ2v) is 2.96. The summed E-state index contributed by atoms with van der Waals surface area (Å²) in [5.74, 6) is -5.14. The van der Waals surface area contributed by atoms with Gasteiger partial charge in [0, 0.05) is 6.42 Å². The van der Waals surface area contributed by atoms with Crippen LogP contribution in [0.25, 0.3) is 0 Å². The van der Waals surface area contributed by atoms with Gasteiger partial charge in [0.1, 0.15) is 6.04 Å². The highest BCUT2D eigenvalue weighted by molar-refractivity contribution is 6.03. The van der Waals surface area contributed by atoms with E-state index in [4.69, 9.17) is 5.11 Å². The maximum absolute atomic E-state index is 12.0. The first-order valence-electron chi connectivity index (χ1n) is 3.91. The molecule has 1 rings (SSSR count). The van der Waals surface area contributed by atoms with E-state index in [1.807, 2.05) is 0 Å². The minimum Gasteiger partial charge on any atom is -0.480 e. The number of carbonyl (C=O) groups excluding carboxylic acids is 2. The molecule has 0 aromatic carbocycles. The number of likely N-dealkylation sites (tertiary alicyclic amines) is 1. The Balaban J connectivity index is 2.95. The molecule has 2 amide bonds. The number of alkyl halides is 3. The number of aliphatic carboxylic acids is 1. The van der Waals surface area contributed by atoms with Crippen LogP contribution in [-0.2, 0) is 14.4 Å². The first-order chi connectivity index (χ1) is 6.75. The van der Waals surface area contributed by atoms with Gasteiger partial charge in [-0.05, 0) is 6.42 Å². The molecule has 1 aliphatic rings. The smallest absolute Gasteiger partial charge is 0.471 e. The average molecular weight is 225 g/mol. The fourth-order valence-electron chi connectivity index (χ4n) is 1.31. The summed E-state index contributed by atoms with van der Waals surface area (Å²) in [7, 11) is 0. The predicted molar refractivity (Wildman–Crippen MR) is 38.6 cm³/mol. The second-order valence-electron chi connectivity index (χ2n) is 2.96. The van der Waals surface area contributed by atoms with Gasteiger partial charge in [-0.2, -0.15) is 13.2 Å². The van der Waals surface area contributed by atoms with Crippen molar-refractivity contribution < 1.29 is 32.7 Å². The van der Waals surface area contributed by atoms with Crippen LogP contribution in [0.3, 0.4) is 0 Å². The lowest BCUT2D eigenvalue weighted by atomic mass is 10.2. The lowest BCUT2D eigenvalue weighted by molar-refractivity contribution is -0.189. The van der Waals surface area contributed by atoms with E-state index in [0.29, 0.717) is 0 Å². The largest absolute Gasteiger partial charge is 0.480 e. The minimum atomic E-state index is -5.23. The van der Waals surface area contributed by atoms with Crippen molar-refractivity contribution in [1.29, 1.82) is 0 Å². The molecule has 0 saturated carbocycles. The van der Waals surface area contributed by atoms with Gasteiger partial charge in [0.05, 0.1) is 0 Å². The maximum atomic E-state index is 12.0. The molecule has 1 saturated heterocycles. The molecule has 15 heavy (non-hydrogen) atoms. The second kappa shape index (κ2) is 3.52. The highest BCUT2D eigenvalue weighted by Crippen LogP contribution is 2.26. The summed E-state index contributed by atoms with van der Waals surface area (Å²) in [4.78, 5) is 31.9. The van der Waals surface area contributed by atoms with Crippen LogP contribution in [0.5, 0.6) is 0 Å². The summed E-state index contributed by atoms with van der Waals surface area (Å²) in [6.45, 7) is 0. The van der Waals surface area contributed by atoms with Crippen molar-refractivity contribution in [1.82, 2.24) is 4.90 Å². The number of amides is 2. The molecule has 0 radical (unpaired) electrons. The Morgan fingerprint density at radius 1 is 1.40 bits per heavy atom. The first-order valence-corrected chi connectivity index (χ1v) is 3.91. The summed E-state index contributed by atoms with van der Waals surface area (Å²) >= 11 is 0. The standard InChI is InChI=1S/C7H6F3NO4/c8-7(9,10)6(15)11-3(5(13)14)1-2-4(11)12/h3H,1-2H2,(H,13,14). The third-order valence-electron chi connectivity index (χ3n) is 1.96. The van der Waals surface area contributed by atoms with Gasteiger partial charge < -0.3 is 5.11 Å². The van der Waals surface area contributed by atoms with E-state index in [0.717, 1.165) is 0 Å². The van der Waals surface area contributed by atoms with Crippen molar-refractivity contribution in [3.05, 3.63) is 0 Å². The van der Waals surface area contributed by atoms with Gasteiger partial charge >= 0.3 is 18.1 Å². The molecule has 1 aliphatic heterocycles. The first kappa shape index (κ1) is 11.5. The van der Waals surface area contributed by atoms with Crippen molar-refractivity contribution >= 4 is 17.8 Å². The Morgan fingerprint density at radius 3 is 2.33 bits per heavy atom. The topological polar surface area (TPSA) is 74.7 Å². The summed E-state index contributed by atoms with van der Waals surface area (Å²) in [5, 5.41) is 8.50. The number of carboxylic acid groups (broad SMARTS) is 1. The molecule has 0 aliphatic carbocycles. The Bertz CT molecular complexity index is 325. The molecule has 1 unspecified atom stereocenters. The van der Waals surface area contributed by atoms with Gasteiger partial charge in [-0.25, -0.2) is 4.79 Å². The Morgan fingerprint density at radius 2 is 1.93 bits per heavy atom. The molecule has 84 valence electrons. The Labute approximate surface area is 81.5 Å². The molecule has 0 bridgehead atoms. The van der Waals surface area contributed by atoms with Crippen LogP contribution in [0.1, 0.15) is 12.8 Å². The summed E-state index contributed by atoms with van der Waals surface area (Å²) in [6.07, 6.45) is -5.87. The van der Waals surface area contributed by atoms with Crippen molar-refractivity contribution in [2.75, 3.05) is 0 Å². The van der Waals surface area contributed by atoms with E-state index < -0.39 is 30.0 Å². The summed E-state index contributed by atoms with van der Waals surface area (Å²) < 4.78 is 35.9. The van der Waals surface area contributed by atoms with Crippen molar-refractivity contribution in [3.63, 3.8) is 0 Å². The number of imide groups is 1. The molecule has 1 heterocycles. The molecule has 8 heteroatoms. The number of rotatable bonds is 1. The predicted octanol–water partition coefficient (Wildman–Crippen LogP) is 0.151. The third kappa shape index (κ3) is 2.08. The maximum Gasteiger partial charge on any atom is 0.471 e. The quantitative estimate of drug-likeness (QED) is 0.689. The zero-order chi connectivity index (χ0) is 11.8. The molecule has 0 aromatic rings. The molecular weight excluding hydrogens is 219 g/mol. The van der Waals surface area contributed by atoms with Crippen LogP contribution < -0.4 is 0 Å². The van der Waals surface area contributed by atoms with E-state index in [1.54, 1.807) is 0 Å². The van der Waals surface area contributed by atoms with Crippen LogP contribution in [0.2, 0.25) is 0 Å². The molecule has 1 N–H and O–H groups in total. The average Bonchev–Trinajstić information content (AvgIpc) is 2.44. The number of hydrogen-bond acceptors (Lipinski definition) is 3. The van der Waals surface area contributed by atoms with Gasteiger partial charge in [-0.3, -0.25) is 14.5 Å². The van der Waals surface area contributed by atoms with E-state index >= 15 is 0 Å². The van der Waals surface area contributed by atoms with Gasteiger partial charge in [0.25, 0.3) is 0 Å². The highest BCUT2D eigenvalue weighted by Gasteiger charge is 2.51. The number of carboxylic acids is 1. The van der Waals surface area contributed by atoms with Crippen molar-refractivity contribution in [2.45, 2.75) is 25.1 Å². The fraction of sp³-hybridized carbons (Fsp3) is 0.571. The summed E-state index contributed by atoms with van der Waals surface area (Å²) in [5.41, 5.74) is 0. The highest BCUT2D eigenvalue weighted by atomic mass is 19.4. The molecule has 0 aromatic heterocycles. The van der Waals surface area contributed by atoms with Crippen LogP contribution >= 0.6 is 0 Å². The van der Waals surface area contributed by atoms with Crippen LogP contribution in [-0.4, -0.2) is 40.0 Å². The van der Waals surface area contributed by atoms with Gasteiger partial charge in [0.2, 0.25) is 5.91 Å². The lowest BCUT2D eigenvalue weighted by Crippen LogP contribution is -2.48. The molecule has 5 nitrogen and oxygen atoms in total. The lowest BCUT2D eigenvalue weighted by Gasteiger charge is -2.20. The number of nitrogens with zero attached hydrogens (tertiary/aromatic N) is 1. The SMILES string of the molecule is O=C(O)C1CCC(=O)N1C(=O)C(F)(F)F. The number of carbonyl (C=O) groups is 3. The monoisotopic (exact) mass is 225 g/mol. The van der Waals surface area contributed by atoms with Gasteiger partial charge in [-0.1, -0.05) is 0 Å². The fourth-order valence-corrected chi connectivity index (χ4v) is 1.31. The minimum absolute atomic E-state index is 0.234. The van der Waals surface area contributed by atoms with Gasteiger partial charge in [-0.15, -0.1) is 0 Å².